The number of hydrogen-bond acceptors (Lipinski definition) is 4. The Morgan fingerprint density at radius 3 is 2.67 bits per heavy atom. The number of aryl methyl sites for hydroxylation is 3. The van der Waals surface area contributed by atoms with E-state index in [-0.39, 0.29) is 29.7 Å². The van der Waals surface area contributed by atoms with Crippen molar-refractivity contribution in [1.82, 2.24) is 34.8 Å². The van der Waals surface area contributed by atoms with E-state index >= 15 is 0 Å². The van der Waals surface area contributed by atoms with E-state index in [1.165, 1.54) is 0 Å². The summed E-state index contributed by atoms with van der Waals surface area (Å²) in [6.07, 6.45) is 8.65. The molecule has 1 aliphatic rings. The molecule has 0 saturated heterocycles. The molecule has 0 unspecified atom stereocenters. The third-order valence-corrected chi connectivity index (χ3v) is 4.51. The topological polar surface area (TPSA) is 94.1 Å². The first-order chi connectivity index (χ1) is 12.8. The van der Waals surface area contributed by atoms with Crippen molar-refractivity contribution in [3.8, 4) is 0 Å². The van der Waals surface area contributed by atoms with Crippen LogP contribution in [0.4, 0.5) is 0 Å². The zero-order valence-electron chi connectivity index (χ0n) is 15.8. The van der Waals surface area contributed by atoms with Crippen molar-refractivity contribution in [2.75, 3.05) is 20.1 Å². The average Bonchev–Trinajstić information content (AvgIpc) is 3.29. The minimum atomic E-state index is 0. The van der Waals surface area contributed by atoms with Crippen LogP contribution < -0.4 is 16.3 Å². The van der Waals surface area contributed by atoms with Crippen LogP contribution in [0.25, 0.3) is 0 Å². The fourth-order valence-corrected chi connectivity index (χ4v) is 3.13. The fourth-order valence-electron chi connectivity index (χ4n) is 3.13. The molecule has 10 heteroatoms. The van der Waals surface area contributed by atoms with Crippen LogP contribution in [0.5, 0.6) is 0 Å². The highest BCUT2D eigenvalue weighted by molar-refractivity contribution is 14.0. The van der Waals surface area contributed by atoms with E-state index in [1.54, 1.807) is 17.9 Å². The molecule has 0 amide bonds. The third kappa shape index (κ3) is 6.08. The van der Waals surface area contributed by atoms with Gasteiger partial charge >= 0.3 is 5.69 Å². The Hall–Kier alpha value is -1.85. The van der Waals surface area contributed by atoms with Crippen LogP contribution >= 0.6 is 24.0 Å². The van der Waals surface area contributed by atoms with Crippen molar-refractivity contribution in [1.29, 1.82) is 0 Å². The van der Waals surface area contributed by atoms with E-state index in [4.69, 9.17) is 0 Å². The van der Waals surface area contributed by atoms with Gasteiger partial charge in [-0.1, -0.05) is 0 Å². The number of fused-ring (bicyclic) bond motifs is 1. The van der Waals surface area contributed by atoms with Gasteiger partial charge in [-0.25, -0.2) is 9.48 Å². The van der Waals surface area contributed by atoms with E-state index in [1.807, 2.05) is 21.5 Å². The number of rotatable bonds is 8. The predicted octanol–water partition coefficient (Wildman–Crippen LogP) is 0.841. The number of aromatic nitrogens is 5. The second kappa shape index (κ2) is 11.1. The molecule has 3 rings (SSSR count). The summed E-state index contributed by atoms with van der Waals surface area (Å²) >= 11 is 0. The monoisotopic (exact) mass is 488 g/mol. The summed E-state index contributed by atoms with van der Waals surface area (Å²) in [4.78, 5) is 16.5. The Kier molecular flexibility index (Phi) is 8.82. The highest BCUT2D eigenvalue weighted by Crippen LogP contribution is 2.09. The minimum Gasteiger partial charge on any atom is -0.356 e. The highest BCUT2D eigenvalue weighted by atomic mass is 127. The summed E-state index contributed by atoms with van der Waals surface area (Å²) < 4.78 is 5.33. The lowest BCUT2D eigenvalue weighted by Crippen LogP contribution is -2.39. The van der Waals surface area contributed by atoms with Crippen LogP contribution in [-0.2, 0) is 26.1 Å². The first kappa shape index (κ1) is 21.5. The van der Waals surface area contributed by atoms with Crippen LogP contribution in [0.3, 0.4) is 0 Å². The second-order valence-electron chi connectivity index (χ2n) is 6.43. The van der Waals surface area contributed by atoms with Gasteiger partial charge in [-0.2, -0.15) is 10.2 Å². The molecule has 0 aliphatic carbocycles. The maximum atomic E-state index is 12.3. The van der Waals surface area contributed by atoms with E-state index in [0.29, 0.717) is 6.54 Å². The third-order valence-electron chi connectivity index (χ3n) is 4.51. The number of guanidine groups is 1. The van der Waals surface area contributed by atoms with Gasteiger partial charge in [-0.3, -0.25) is 14.2 Å². The van der Waals surface area contributed by atoms with Gasteiger partial charge in [0, 0.05) is 58.6 Å². The van der Waals surface area contributed by atoms with Crippen LogP contribution in [-0.4, -0.2) is 50.2 Å². The zero-order chi connectivity index (χ0) is 18.2. The highest BCUT2D eigenvalue weighted by Gasteiger charge is 2.16. The van der Waals surface area contributed by atoms with Crippen LogP contribution in [0.15, 0.2) is 28.2 Å². The molecule has 0 radical (unpaired) electrons. The van der Waals surface area contributed by atoms with E-state index in [9.17, 15) is 4.79 Å². The van der Waals surface area contributed by atoms with Gasteiger partial charge in [0.15, 0.2) is 5.96 Å². The molecule has 2 aromatic rings. The number of hydrogen-bond donors (Lipinski definition) is 2. The SMILES string of the molecule is CN=C(NCCCn1cccn1)NCCCn1nc2n(c1=O)CCCC2.I. The first-order valence-corrected chi connectivity index (χ1v) is 9.36. The molecule has 2 N–H and O–H groups in total. The molecular weight excluding hydrogens is 459 g/mol. The lowest BCUT2D eigenvalue weighted by Gasteiger charge is -2.11. The summed E-state index contributed by atoms with van der Waals surface area (Å²) in [5.74, 6) is 1.71. The summed E-state index contributed by atoms with van der Waals surface area (Å²) in [6, 6.07) is 1.93. The number of nitrogens with one attached hydrogen (secondary N) is 2. The molecular formula is C17H29IN8O. The Bertz CT molecular complexity index is 764. The largest absolute Gasteiger partial charge is 0.356 e. The van der Waals surface area contributed by atoms with Gasteiger partial charge in [0.05, 0.1) is 0 Å². The van der Waals surface area contributed by atoms with Crippen LogP contribution in [0.2, 0.25) is 0 Å². The predicted molar refractivity (Wildman–Crippen MR) is 116 cm³/mol. The van der Waals surface area contributed by atoms with Gasteiger partial charge in [-0.15, -0.1) is 24.0 Å². The van der Waals surface area contributed by atoms with Crippen LogP contribution in [0, 0.1) is 0 Å². The van der Waals surface area contributed by atoms with Crippen molar-refractivity contribution in [2.24, 2.45) is 4.99 Å². The molecule has 2 aromatic heterocycles. The molecule has 0 fully saturated rings. The maximum Gasteiger partial charge on any atom is 0.345 e. The van der Waals surface area contributed by atoms with Crippen molar-refractivity contribution < 1.29 is 0 Å². The van der Waals surface area contributed by atoms with Gasteiger partial charge in [-0.05, 0) is 31.7 Å². The summed E-state index contributed by atoms with van der Waals surface area (Å²) in [5, 5.41) is 15.2. The van der Waals surface area contributed by atoms with Gasteiger partial charge < -0.3 is 10.6 Å². The van der Waals surface area contributed by atoms with Gasteiger partial charge in [0.1, 0.15) is 5.82 Å². The fraction of sp³-hybridized carbons (Fsp3) is 0.647. The quantitative estimate of drug-likeness (QED) is 0.249. The maximum absolute atomic E-state index is 12.3. The Balaban J connectivity index is 0.00000261. The van der Waals surface area contributed by atoms with Crippen LogP contribution in [0.1, 0.15) is 31.5 Å². The first-order valence-electron chi connectivity index (χ1n) is 9.36. The summed E-state index contributed by atoms with van der Waals surface area (Å²) in [7, 11) is 1.76. The molecule has 0 bridgehead atoms. The van der Waals surface area contributed by atoms with Crippen molar-refractivity contribution >= 4 is 29.9 Å². The summed E-state index contributed by atoms with van der Waals surface area (Å²) in [6.45, 7) is 3.88. The number of nitrogens with zero attached hydrogens (tertiary/aromatic N) is 6. The van der Waals surface area contributed by atoms with E-state index in [0.717, 1.165) is 70.1 Å². The van der Waals surface area contributed by atoms with E-state index < -0.39 is 0 Å². The number of halogens is 1. The number of aliphatic imine (C=N–C) groups is 1. The molecule has 0 saturated carbocycles. The molecule has 0 aromatic carbocycles. The lowest BCUT2D eigenvalue weighted by atomic mass is 10.2. The molecule has 0 spiro atoms. The Labute approximate surface area is 176 Å². The Morgan fingerprint density at radius 1 is 1.22 bits per heavy atom. The standard InChI is InChI=1S/C17H28N8O.HI/c1-18-16(19-8-4-11-23-12-6-10-21-23)20-9-5-14-25-17(26)24-13-3-2-7-15(24)22-25;/h6,10,12H,2-5,7-9,11,13-14H2,1H3,(H2,18,19,20);1H. The molecule has 9 nitrogen and oxygen atoms in total. The molecule has 0 atom stereocenters. The van der Waals surface area contributed by atoms with E-state index in [2.05, 4.69) is 25.8 Å². The molecule has 1 aliphatic heterocycles. The van der Waals surface area contributed by atoms with Crippen molar-refractivity contribution in [2.45, 2.75) is 51.7 Å². The smallest absolute Gasteiger partial charge is 0.345 e. The molecule has 150 valence electrons. The van der Waals surface area contributed by atoms with Crippen molar-refractivity contribution in [3.05, 3.63) is 34.8 Å². The average molecular weight is 488 g/mol. The zero-order valence-corrected chi connectivity index (χ0v) is 18.1. The minimum absolute atomic E-state index is 0. The van der Waals surface area contributed by atoms with Gasteiger partial charge in [0.2, 0.25) is 0 Å². The second-order valence-corrected chi connectivity index (χ2v) is 6.43. The van der Waals surface area contributed by atoms with Crippen molar-refractivity contribution in [3.63, 3.8) is 0 Å². The lowest BCUT2D eigenvalue weighted by molar-refractivity contribution is 0.509. The normalized spacial score (nSPS) is 13.7. The Morgan fingerprint density at radius 2 is 2.00 bits per heavy atom. The summed E-state index contributed by atoms with van der Waals surface area (Å²) in [5.41, 5.74) is 0.0285. The molecule has 3 heterocycles. The molecule has 27 heavy (non-hydrogen) atoms. The van der Waals surface area contributed by atoms with Gasteiger partial charge in [0.25, 0.3) is 0 Å².